The highest BCUT2D eigenvalue weighted by molar-refractivity contribution is 7.80. The summed E-state index contributed by atoms with van der Waals surface area (Å²) in [5.41, 5.74) is 5.49. The van der Waals surface area contributed by atoms with Gasteiger partial charge in [-0.1, -0.05) is 12.1 Å². The van der Waals surface area contributed by atoms with Gasteiger partial charge in [-0.15, -0.1) is 0 Å². The van der Waals surface area contributed by atoms with Gasteiger partial charge in [0.1, 0.15) is 11.6 Å². The van der Waals surface area contributed by atoms with Gasteiger partial charge in [0.05, 0.1) is 12.7 Å². The summed E-state index contributed by atoms with van der Waals surface area (Å²) in [4.78, 5) is 11.8. The molecule has 0 aromatic heterocycles. The molecule has 0 aliphatic carbocycles. The summed E-state index contributed by atoms with van der Waals surface area (Å²) in [6.45, 7) is 0. The average Bonchev–Trinajstić information content (AvgIpc) is 2.54. The molecule has 2 rings (SSSR count). The van der Waals surface area contributed by atoms with E-state index in [4.69, 9.17) is 17.0 Å². The van der Waals surface area contributed by atoms with E-state index in [9.17, 15) is 9.18 Å². The van der Waals surface area contributed by atoms with Crippen LogP contribution in [0.25, 0.3) is 0 Å². The van der Waals surface area contributed by atoms with Gasteiger partial charge in [-0.3, -0.25) is 15.6 Å². The minimum atomic E-state index is -0.614. The lowest BCUT2D eigenvalue weighted by atomic mass is 10.2. The number of nitrogens with one attached hydrogen (secondary N) is 3. The fourth-order valence-corrected chi connectivity index (χ4v) is 1.83. The van der Waals surface area contributed by atoms with Crippen LogP contribution in [-0.4, -0.2) is 18.1 Å². The Balaban J connectivity index is 1.87. The molecule has 0 atom stereocenters. The van der Waals surface area contributed by atoms with Crippen molar-refractivity contribution in [1.29, 1.82) is 0 Å². The molecule has 0 spiro atoms. The second-order valence-corrected chi connectivity index (χ2v) is 4.65. The van der Waals surface area contributed by atoms with Crippen LogP contribution in [0.3, 0.4) is 0 Å². The van der Waals surface area contributed by atoms with Crippen LogP contribution < -0.4 is 20.9 Å². The standard InChI is InChI=1S/C15H14FN3O2S/c1-21-11-8-6-10(7-9-11)17-15(22)19-18-14(20)12-4-2-3-5-13(12)16/h2-9H,1H3,(H,18,20)(H2,17,19,22). The van der Waals surface area contributed by atoms with E-state index < -0.39 is 11.7 Å². The van der Waals surface area contributed by atoms with Crippen molar-refractivity contribution in [1.82, 2.24) is 10.9 Å². The number of anilines is 1. The Morgan fingerprint density at radius 3 is 2.41 bits per heavy atom. The van der Waals surface area contributed by atoms with Gasteiger partial charge in [-0.05, 0) is 48.6 Å². The van der Waals surface area contributed by atoms with E-state index in [1.165, 1.54) is 18.2 Å². The van der Waals surface area contributed by atoms with Crippen molar-refractivity contribution < 1.29 is 13.9 Å². The number of halogens is 1. The molecule has 0 saturated heterocycles. The SMILES string of the molecule is COc1ccc(NC(=S)NNC(=O)c2ccccc2F)cc1. The molecular weight excluding hydrogens is 305 g/mol. The summed E-state index contributed by atoms with van der Waals surface area (Å²) in [7, 11) is 1.58. The van der Waals surface area contributed by atoms with Gasteiger partial charge in [-0.25, -0.2) is 4.39 Å². The van der Waals surface area contributed by atoms with Gasteiger partial charge in [0.15, 0.2) is 5.11 Å². The maximum atomic E-state index is 13.4. The number of hydrazine groups is 1. The van der Waals surface area contributed by atoms with Crippen LogP contribution in [0.4, 0.5) is 10.1 Å². The molecule has 2 aromatic carbocycles. The minimum Gasteiger partial charge on any atom is -0.497 e. The van der Waals surface area contributed by atoms with Crippen molar-refractivity contribution >= 4 is 28.9 Å². The summed E-state index contributed by atoms with van der Waals surface area (Å²) in [5.74, 6) is -0.495. The molecule has 0 fully saturated rings. The van der Waals surface area contributed by atoms with Crippen LogP contribution in [0.15, 0.2) is 48.5 Å². The molecular formula is C15H14FN3O2S. The van der Waals surface area contributed by atoms with E-state index in [0.29, 0.717) is 0 Å². The monoisotopic (exact) mass is 319 g/mol. The third kappa shape index (κ3) is 4.16. The van der Waals surface area contributed by atoms with E-state index in [-0.39, 0.29) is 10.7 Å². The van der Waals surface area contributed by atoms with Crippen LogP contribution in [0.1, 0.15) is 10.4 Å². The topological polar surface area (TPSA) is 62.4 Å². The van der Waals surface area contributed by atoms with E-state index in [0.717, 1.165) is 11.4 Å². The lowest BCUT2D eigenvalue weighted by Gasteiger charge is -2.12. The normalized spacial score (nSPS) is 9.73. The predicted octanol–water partition coefficient (Wildman–Crippen LogP) is 2.47. The molecule has 114 valence electrons. The molecule has 3 N–H and O–H groups in total. The molecule has 2 aromatic rings. The highest BCUT2D eigenvalue weighted by atomic mass is 32.1. The van der Waals surface area contributed by atoms with Crippen LogP contribution in [-0.2, 0) is 0 Å². The number of rotatable bonds is 3. The highest BCUT2D eigenvalue weighted by Gasteiger charge is 2.10. The van der Waals surface area contributed by atoms with E-state index in [2.05, 4.69) is 16.2 Å². The van der Waals surface area contributed by atoms with Crippen LogP contribution in [0.5, 0.6) is 5.75 Å². The highest BCUT2D eigenvalue weighted by Crippen LogP contribution is 2.14. The summed E-state index contributed by atoms with van der Waals surface area (Å²) in [6, 6.07) is 12.7. The number of carbonyl (C=O) groups excluding carboxylic acids is 1. The molecule has 0 saturated carbocycles. The molecule has 0 radical (unpaired) electrons. The van der Waals surface area contributed by atoms with Gasteiger partial charge in [0.2, 0.25) is 0 Å². The quantitative estimate of drug-likeness (QED) is 0.599. The number of hydrogen-bond acceptors (Lipinski definition) is 3. The van der Waals surface area contributed by atoms with Gasteiger partial charge >= 0.3 is 0 Å². The molecule has 0 aliphatic heterocycles. The maximum absolute atomic E-state index is 13.4. The zero-order chi connectivity index (χ0) is 15.9. The zero-order valence-corrected chi connectivity index (χ0v) is 12.5. The number of thiocarbonyl (C=S) groups is 1. The zero-order valence-electron chi connectivity index (χ0n) is 11.7. The van der Waals surface area contributed by atoms with E-state index in [1.54, 1.807) is 37.4 Å². The summed E-state index contributed by atoms with van der Waals surface area (Å²) in [6.07, 6.45) is 0. The Morgan fingerprint density at radius 1 is 1.09 bits per heavy atom. The Bertz CT molecular complexity index is 677. The Morgan fingerprint density at radius 2 is 1.77 bits per heavy atom. The van der Waals surface area contributed by atoms with Gasteiger partial charge in [-0.2, -0.15) is 0 Å². The second-order valence-electron chi connectivity index (χ2n) is 4.24. The fraction of sp³-hybridized carbons (Fsp3) is 0.0667. The first-order valence-electron chi connectivity index (χ1n) is 6.36. The van der Waals surface area contributed by atoms with Crippen molar-refractivity contribution in [3.05, 3.63) is 59.9 Å². The smallest absolute Gasteiger partial charge is 0.272 e. The molecule has 5 nitrogen and oxygen atoms in total. The van der Waals surface area contributed by atoms with Crippen molar-refractivity contribution in [3.63, 3.8) is 0 Å². The Kier molecular flexibility index (Phi) is 5.26. The number of methoxy groups -OCH3 is 1. The van der Waals surface area contributed by atoms with Crippen molar-refractivity contribution in [3.8, 4) is 5.75 Å². The van der Waals surface area contributed by atoms with Crippen LogP contribution in [0.2, 0.25) is 0 Å². The number of amides is 1. The lowest BCUT2D eigenvalue weighted by molar-refractivity contribution is 0.0940. The van der Waals surface area contributed by atoms with E-state index >= 15 is 0 Å². The maximum Gasteiger partial charge on any atom is 0.272 e. The predicted molar refractivity (Wildman–Crippen MR) is 86.2 cm³/mol. The molecule has 0 aliphatic rings. The van der Waals surface area contributed by atoms with Crippen LogP contribution >= 0.6 is 12.2 Å². The van der Waals surface area contributed by atoms with Gasteiger partial charge in [0.25, 0.3) is 5.91 Å². The van der Waals surface area contributed by atoms with Crippen molar-refractivity contribution in [2.75, 3.05) is 12.4 Å². The van der Waals surface area contributed by atoms with Crippen molar-refractivity contribution in [2.24, 2.45) is 0 Å². The number of ether oxygens (including phenoxy) is 1. The van der Waals surface area contributed by atoms with Crippen molar-refractivity contribution in [2.45, 2.75) is 0 Å². The number of hydrogen-bond donors (Lipinski definition) is 3. The van der Waals surface area contributed by atoms with Crippen LogP contribution in [0, 0.1) is 5.82 Å². The third-order valence-corrected chi connectivity index (χ3v) is 2.96. The minimum absolute atomic E-state index is 0.0674. The lowest BCUT2D eigenvalue weighted by Crippen LogP contribution is -2.44. The van der Waals surface area contributed by atoms with Gasteiger partial charge in [0, 0.05) is 5.69 Å². The van der Waals surface area contributed by atoms with E-state index in [1.807, 2.05) is 0 Å². The molecule has 0 bridgehead atoms. The first kappa shape index (κ1) is 15.7. The summed E-state index contributed by atoms with van der Waals surface area (Å²) < 4.78 is 18.5. The first-order valence-corrected chi connectivity index (χ1v) is 6.77. The summed E-state index contributed by atoms with van der Waals surface area (Å²) >= 11 is 5.04. The molecule has 22 heavy (non-hydrogen) atoms. The first-order chi connectivity index (χ1) is 10.6. The Hall–Kier alpha value is -2.67. The molecule has 0 unspecified atom stereocenters. The fourth-order valence-electron chi connectivity index (χ4n) is 1.66. The third-order valence-electron chi connectivity index (χ3n) is 2.76. The largest absolute Gasteiger partial charge is 0.497 e. The molecule has 1 amide bonds. The number of carbonyl (C=O) groups is 1. The number of benzene rings is 2. The molecule has 0 heterocycles. The van der Waals surface area contributed by atoms with Gasteiger partial charge < -0.3 is 10.1 Å². The molecule has 7 heteroatoms. The second kappa shape index (κ2) is 7.37. The average molecular weight is 319 g/mol. The summed E-state index contributed by atoms with van der Waals surface area (Å²) in [5, 5.41) is 3.05. The Labute approximate surface area is 132 Å².